The zero-order chi connectivity index (χ0) is 15.2. The summed E-state index contributed by atoms with van der Waals surface area (Å²) in [6, 6.07) is 11.8. The Morgan fingerprint density at radius 3 is 2.38 bits per heavy atom. The lowest BCUT2D eigenvalue weighted by Crippen LogP contribution is -1.94. The Bertz CT molecular complexity index is 657. The number of hydrogen-bond acceptors (Lipinski definition) is 4. The van der Waals surface area contributed by atoms with Crippen LogP contribution < -0.4 is 9.47 Å². The monoisotopic (exact) mass is 284 g/mol. The Labute approximate surface area is 123 Å². The molecule has 0 fully saturated rings. The van der Waals surface area contributed by atoms with Gasteiger partial charge in [0.2, 0.25) is 0 Å². The molecule has 0 saturated carbocycles. The van der Waals surface area contributed by atoms with E-state index in [0.717, 1.165) is 5.56 Å². The van der Waals surface area contributed by atoms with Crippen LogP contribution in [0.3, 0.4) is 0 Å². The minimum atomic E-state index is -0.107. The lowest BCUT2D eigenvalue weighted by Gasteiger charge is -2.03. The molecule has 0 aliphatic rings. The van der Waals surface area contributed by atoms with Gasteiger partial charge >= 0.3 is 0 Å². The third-order valence-corrected chi connectivity index (χ3v) is 3.01. The van der Waals surface area contributed by atoms with E-state index in [1.807, 2.05) is 0 Å². The zero-order valence-corrected chi connectivity index (χ0v) is 11.9. The molecule has 0 atom stereocenters. The maximum Gasteiger partial charge on any atom is 0.185 e. The fourth-order valence-corrected chi connectivity index (χ4v) is 1.82. The molecule has 2 aromatic carbocycles. The van der Waals surface area contributed by atoms with Gasteiger partial charge in [0, 0.05) is 5.56 Å². The van der Waals surface area contributed by atoms with Crippen molar-refractivity contribution < 1.29 is 19.4 Å². The van der Waals surface area contributed by atoms with Crippen molar-refractivity contribution in [1.82, 2.24) is 0 Å². The average molecular weight is 284 g/mol. The van der Waals surface area contributed by atoms with Crippen LogP contribution in [0.5, 0.6) is 17.2 Å². The van der Waals surface area contributed by atoms with Gasteiger partial charge in [-0.25, -0.2) is 0 Å². The van der Waals surface area contributed by atoms with E-state index in [-0.39, 0.29) is 11.5 Å². The number of methoxy groups -OCH3 is 2. The summed E-state index contributed by atoms with van der Waals surface area (Å²) >= 11 is 0. The molecule has 0 spiro atoms. The van der Waals surface area contributed by atoms with Crippen LogP contribution in [0.4, 0.5) is 0 Å². The van der Waals surface area contributed by atoms with Gasteiger partial charge in [-0.05, 0) is 48.0 Å². The van der Waals surface area contributed by atoms with E-state index in [2.05, 4.69) is 0 Å². The number of aromatic hydroxyl groups is 1. The van der Waals surface area contributed by atoms with E-state index in [0.29, 0.717) is 17.1 Å². The Hall–Kier alpha value is -2.75. The fraction of sp³-hybridized carbons (Fsp3) is 0.118. The Morgan fingerprint density at radius 1 is 1.05 bits per heavy atom. The fourth-order valence-electron chi connectivity index (χ4n) is 1.82. The Kier molecular flexibility index (Phi) is 4.61. The smallest absolute Gasteiger partial charge is 0.185 e. The molecule has 2 rings (SSSR count). The van der Waals surface area contributed by atoms with E-state index >= 15 is 0 Å². The van der Waals surface area contributed by atoms with Crippen LogP contribution in [0.25, 0.3) is 6.08 Å². The standard InChI is InChI=1S/C17H16O4/c1-20-14-7-5-13(6-8-14)15(18)9-3-12-4-10-16(19)17(11-12)21-2/h3-11,19H,1-2H3/b9-3+. The number of carbonyl (C=O) groups is 1. The number of rotatable bonds is 5. The van der Waals surface area contributed by atoms with Gasteiger partial charge in [0.25, 0.3) is 0 Å². The SMILES string of the molecule is COc1ccc(C(=O)/C=C/c2ccc(O)c(OC)c2)cc1. The van der Waals surface area contributed by atoms with Crippen LogP contribution in [-0.2, 0) is 0 Å². The third-order valence-electron chi connectivity index (χ3n) is 3.01. The van der Waals surface area contributed by atoms with Crippen molar-refractivity contribution >= 4 is 11.9 Å². The third kappa shape index (κ3) is 3.63. The van der Waals surface area contributed by atoms with E-state index in [9.17, 15) is 9.90 Å². The van der Waals surface area contributed by atoms with Crippen LogP contribution in [0, 0.1) is 0 Å². The maximum atomic E-state index is 12.0. The first-order chi connectivity index (χ1) is 10.1. The molecule has 0 saturated heterocycles. The lowest BCUT2D eigenvalue weighted by atomic mass is 10.1. The molecular weight excluding hydrogens is 268 g/mol. The molecule has 0 aromatic heterocycles. The summed E-state index contributed by atoms with van der Waals surface area (Å²) in [7, 11) is 3.06. The van der Waals surface area contributed by atoms with Gasteiger partial charge in [0.15, 0.2) is 17.3 Å². The Balaban J connectivity index is 2.14. The van der Waals surface area contributed by atoms with Gasteiger partial charge in [-0.1, -0.05) is 12.1 Å². The molecule has 1 N–H and O–H groups in total. The second-order valence-corrected chi connectivity index (χ2v) is 4.36. The van der Waals surface area contributed by atoms with Gasteiger partial charge in [-0.3, -0.25) is 4.79 Å². The second kappa shape index (κ2) is 6.61. The van der Waals surface area contributed by atoms with Crippen molar-refractivity contribution in [2.24, 2.45) is 0 Å². The summed E-state index contributed by atoms with van der Waals surface area (Å²) in [4.78, 5) is 12.0. The number of carbonyl (C=O) groups excluding carboxylic acids is 1. The van der Waals surface area contributed by atoms with Crippen LogP contribution in [0.2, 0.25) is 0 Å². The van der Waals surface area contributed by atoms with E-state index in [1.54, 1.807) is 49.6 Å². The van der Waals surface area contributed by atoms with Crippen molar-refractivity contribution in [1.29, 1.82) is 0 Å². The first kappa shape index (κ1) is 14.7. The molecule has 0 aliphatic carbocycles. The van der Waals surface area contributed by atoms with Crippen molar-refractivity contribution in [3.8, 4) is 17.2 Å². The highest BCUT2D eigenvalue weighted by Gasteiger charge is 2.03. The summed E-state index contributed by atoms with van der Waals surface area (Å²) in [6.07, 6.45) is 3.15. The summed E-state index contributed by atoms with van der Waals surface area (Å²) < 4.78 is 10.1. The van der Waals surface area contributed by atoms with Crippen LogP contribution in [-0.4, -0.2) is 25.1 Å². The van der Waals surface area contributed by atoms with E-state index in [4.69, 9.17) is 9.47 Å². The highest BCUT2D eigenvalue weighted by atomic mass is 16.5. The molecule has 0 bridgehead atoms. The van der Waals surface area contributed by atoms with Gasteiger partial charge in [0.1, 0.15) is 5.75 Å². The van der Waals surface area contributed by atoms with Crippen LogP contribution in [0.1, 0.15) is 15.9 Å². The summed E-state index contributed by atoms with van der Waals surface area (Å²) in [5, 5.41) is 9.51. The topological polar surface area (TPSA) is 55.8 Å². The minimum absolute atomic E-state index is 0.0659. The van der Waals surface area contributed by atoms with E-state index in [1.165, 1.54) is 19.3 Å². The largest absolute Gasteiger partial charge is 0.504 e. The number of phenolic OH excluding ortho intramolecular Hbond substituents is 1. The van der Waals surface area contributed by atoms with E-state index < -0.39 is 0 Å². The predicted molar refractivity (Wildman–Crippen MR) is 81.0 cm³/mol. The van der Waals surface area contributed by atoms with Crippen molar-refractivity contribution in [2.75, 3.05) is 14.2 Å². The number of hydrogen-bond donors (Lipinski definition) is 1. The van der Waals surface area contributed by atoms with Gasteiger partial charge < -0.3 is 14.6 Å². The molecule has 0 aliphatic heterocycles. The van der Waals surface area contributed by atoms with Crippen molar-refractivity contribution in [3.05, 3.63) is 59.7 Å². The first-order valence-electron chi connectivity index (χ1n) is 6.37. The summed E-state index contributed by atoms with van der Waals surface area (Å²) in [5.41, 5.74) is 1.35. The molecule has 4 nitrogen and oxygen atoms in total. The molecule has 0 heterocycles. The minimum Gasteiger partial charge on any atom is -0.504 e. The maximum absolute atomic E-state index is 12.0. The van der Waals surface area contributed by atoms with Gasteiger partial charge in [0.05, 0.1) is 14.2 Å². The number of phenols is 1. The predicted octanol–water partition coefficient (Wildman–Crippen LogP) is 3.31. The molecule has 108 valence electrons. The highest BCUT2D eigenvalue weighted by molar-refractivity contribution is 6.06. The second-order valence-electron chi connectivity index (χ2n) is 4.36. The number of benzene rings is 2. The van der Waals surface area contributed by atoms with Gasteiger partial charge in [-0.15, -0.1) is 0 Å². The summed E-state index contributed by atoms with van der Waals surface area (Å²) in [5.74, 6) is 1.04. The quantitative estimate of drug-likeness (QED) is 0.676. The number of ketones is 1. The molecule has 21 heavy (non-hydrogen) atoms. The highest BCUT2D eigenvalue weighted by Crippen LogP contribution is 2.26. The van der Waals surface area contributed by atoms with Gasteiger partial charge in [-0.2, -0.15) is 0 Å². The van der Waals surface area contributed by atoms with Crippen molar-refractivity contribution in [3.63, 3.8) is 0 Å². The average Bonchev–Trinajstić information content (AvgIpc) is 2.53. The molecule has 0 unspecified atom stereocenters. The first-order valence-corrected chi connectivity index (χ1v) is 6.37. The van der Waals surface area contributed by atoms with Crippen LogP contribution >= 0.6 is 0 Å². The van der Waals surface area contributed by atoms with Crippen LogP contribution in [0.15, 0.2) is 48.5 Å². The molecule has 0 amide bonds. The molecular formula is C17H16O4. The molecule has 0 radical (unpaired) electrons. The lowest BCUT2D eigenvalue weighted by molar-refractivity contribution is 0.104. The molecule has 4 heteroatoms. The number of ether oxygens (including phenoxy) is 2. The Morgan fingerprint density at radius 2 is 1.76 bits per heavy atom. The summed E-state index contributed by atoms with van der Waals surface area (Å²) in [6.45, 7) is 0. The molecule has 2 aromatic rings. The number of allylic oxidation sites excluding steroid dienone is 1. The van der Waals surface area contributed by atoms with Crippen molar-refractivity contribution in [2.45, 2.75) is 0 Å². The normalized spacial score (nSPS) is 10.6. The zero-order valence-electron chi connectivity index (χ0n) is 11.9.